The minimum Gasteiger partial charge on any atom is -0.307 e. The summed E-state index contributed by atoms with van der Waals surface area (Å²) >= 11 is 12.8. The van der Waals surface area contributed by atoms with Gasteiger partial charge in [0.15, 0.2) is 4.77 Å². The zero-order chi connectivity index (χ0) is 14.1. The lowest BCUT2D eigenvalue weighted by Gasteiger charge is -2.05. The van der Waals surface area contributed by atoms with Crippen molar-refractivity contribution in [1.82, 2.24) is 19.7 Å². The number of hydrogen-bond donors (Lipinski definition) is 1. The summed E-state index contributed by atoms with van der Waals surface area (Å²) in [6.45, 7) is 0. The highest BCUT2D eigenvalue weighted by molar-refractivity contribution is 7.98. The first kappa shape index (κ1) is 13.6. The zero-order valence-corrected chi connectivity index (χ0v) is 13.0. The highest BCUT2D eigenvalue weighted by atomic mass is 35.5. The number of nitrogens with one attached hydrogen (secondary N) is 1. The van der Waals surface area contributed by atoms with Crippen LogP contribution in [0.4, 0.5) is 0 Å². The summed E-state index contributed by atoms with van der Waals surface area (Å²) in [6, 6.07) is 7.75. The van der Waals surface area contributed by atoms with Crippen LogP contribution in [-0.2, 0) is 12.8 Å². The topological polar surface area (TPSA) is 46.5 Å². The molecule has 0 unspecified atom stereocenters. The van der Waals surface area contributed by atoms with Gasteiger partial charge in [-0.05, 0) is 30.4 Å². The predicted octanol–water partition coefficient (Wildman–Crippen LogP) is 3.97. The molecule has 0 amide bonds. The average Bonchev–Trinajstić information content (AvgIpc) is 2.76. The van der Waals surface area contributed by atoms with Gasteiger partial charge in [-0.1, -0.05) is 17.7 Å². The summed E-state index contributed by atoms with van der Waals surface area (Å²) in [4.78, 5) is 5.49. The second-order valence-corrected chi connectivity index (χ2v) is 6.10. The van der Waals surface area contributed by atoms with E-state index in [1.807, 2.05) is 35.9 Å². The average molecular weight is 323 g/mol. The first-order valence-corrected chi connectivity index (χ1v) is 7.69. The van der Waals surface area contributed by atoms with Crippen LogP contribution >= 0.6 is 35.6 Å². The van der Waals surface area contributed by atoms with Crippen molar-refractivity contribution in [2.24, 2.45) is 7.05 Å². The maximum absolute atomic E-state index is 5.99. The third-order valence-electron chi connectivity index (χ3n) is 2.99. The Morgan fingerprint density at radius 2 is 2.25 bits per heavy atom. The Balaban J connectivity index is 1.91. The fraction of sp³-hybridized carbons (Fsp3) is 0.154. The normalized spacial score (nSPS) is 11.1. The van der Waals surface area contributed by atoms with Crippen LogP contribution in [-0.4, -0.2) is 19.7 Å². The van der Waals surface area contributed by atoms with Crippen LogP contribution in [0.5, 0.6) is 0 Å². The van der Waals surface area contributed by atoms with E-state index in [4.69, 9.17) is 23.8 Å². The number of halogens is 1. The van der Waals surface area contributed by atoms with Gasteiger partial charge in [-0.15, -0.1) is 11.8 Å². The lowest BCUT2D eigenvalue weighted by molar-refractivity contribution is 0.839. The number of rotatable bonds is 3. The van der Waals surface area contributed by atoms with Gasteiger partial charge in [0, 0.05) is 28.5 Å². The van der Waals surface area contributed by atoms with Crippen molar-refractivity contribution in [2.45, 2.75) is 10.6 Å². The van der Waals surface area contributed by atoms with Gasteiger partial charge in [0.2, 0.25) is 0 Å². The fourth-order valence-electron chi connectivity index (χ4n) is 1.87. The molecule has 0 saturated carbocycles. The number of aromatic nitrogens is 4. The number of aromatic amines is 1. The van der Waals surface area contributed by atoms with E-state index in [0.29, 0.717) is 9.79 Å². The molecule has 3 aromatic rings. The molecule has 3 rings (SSSR count). The molecule has 7 heteroatoms. The van der Waals surface area contributed by atoms with Gasteiger partial charge in [0.05, 0.1) is 11.3 Å². The maximum atomic E-state index is 5.99. The Bertz CT molecular complexity index is 825. The van der Waals surface area contributed by atoms with Crippen LogP contribution in [0, 0.1) is 4.77 Å². The molecule has 102 valence electrons. The molecule has 0 bridgehead atoms. The van der Waals surface area contributed by atoms with Crippen molar-refractivity contribution in [1.29, 1.82) is 0 Å². The molecule has 0 radical (unpaired) electrons. The van der Waals surface area contributed by atoms with E-state index >= 15 is 0 Å². The molecular weight excluding hydrogens is 312 g/mol. The van der Waals surface area contributed by atoms with Gasteiger partial charge in [0.1, 0.15) is 5.82 Å². The minimum absolute atomic E-state index is 0.631. The van der Waals surface area contributed by atoms with Crippen molar-refractivity contribution in [3.63, 3.8) is 0 Å². The SMILES string of the molecule is Cn1c(CSc2ccnc3cc(Cl)ccc23)n[nH]c1=S. The highest BCUT2D eigenvalue weighted by Crippen LogP contribution is 2.30. The van der Waals surface area contributed by atoms with Crippen LogP contribution in [0.2, 0.25) is 5.02 Å². The number of benzene rings is 1. The summed E-state index contributed by atoms with van der Waals surface area (Å²) < 4.78 is 2.51. The van der Waals surface area contributed by atoms with Crippen molar-refractivity contribution in [3.8, 4) is 0 Å². The monoisotopic (exact) mass is 322 g/mol. The van der Waals surface area contributed by atoms with Gasteiger partial charge < -0.3 is 4.57 Å². The first-order valence-electron chi connectivity index (χ1n) is 5.92. The fourth-order valence-corrected chi connectivity index (χ4v) is 3.22. The molecule has 0 atom stereocenters. The second kappa shape index (κ2) is 5.55. The van der Waals surface area contributed by atoms with E-state index in [-0.39, 0.29) is 0 Å². The molecule has 2 aromatic heterocycles. The number of thioether (sulfide) groups is 1. The Morgan fingerprint density at radius 3 is 3.00 bits per heavy atom. The maximum Gasteiger partial charge on any atom is 0.194 e. The Labute approximate surface area is 130 Å². The quantitative estimate of drug-likeness (QED) is 0.585. The van der Waals surface area contributed by atoms with Crippen LogP contribution in [0.1, 0.15) is 5.82 Å². The highest BCUT2D eigenvalue weighted by Gasteiger charge is 2.07. The smallest absolute Gasteiger partial charge is 0.194 e. The van der Waals surface area contributed by atoms with Crippen LogP contribution in [0.25, 0.3) is 10.9 Å². The molecule has 1 N–H and O–H groups in total. The van der Waals surface area contributed by atoms with Crippen LogP contribution in [0.15, 0.2) is 35.4 Å². The molecule has 20 heavy (non-hydrogen) atoms. The molecule has 0 aliphatic carbocycles. The van der Waals surface area contributed by atoms with Gasteiger partial charge in [0.25, 0.3) is 0 Å². The van der Waals surface area contributed by atoms with Gasteiger partial charge in [-0.25, -0.2) is 0 Å². The molecule has 0 spiro atoms. The lowest BCUT2D eigenvalue weighted by Crippen LogP contribution is -1.95. The summed E-state index contributed by atoms with van der Waals surface area (Å²) in [6.07, 6.45) is 1.80. The summed E-state index contributed by atoms with van der Waals surface area (Å²) in [7, 11) is 1.91. The zero-order valence-electron chi connectivity index (χ0n) is 10.6. The van der Waals surface area contributed by atoms with Crippen molar-refractivity contribution in [3.05, 3.63) is 46.1 Å². The molecule has 0 aliphatic heterocycles. The van der Waals surface area contributed by atoms with Crippen molar-refractivity contribution >= 4 is 46.5 Å². The largest absolute Gasteiger partial charge is 0.307 e. The van der Waals surface area contributed by atoms with E-state index in [9.17, 15) is 0 Å². The summed E-state index contributed by atoms with van der Waals surface area (Å²) in [5.74, 6) is 1.66. The Kier molecular flexibility index (Phi) is 3.78. The van der Waals surface area contributed by atoms with Gasteiger partial charge in [-0.2, -0.15) is 5.10 Å². The molecule has 4 nitrogen and oxygen atoms in total. The molecule has 0 fully saturated rings. The van der Waals surface area contributed by atoms with Crippen molar-refractivity contribution < 1.29 is 0 Å². The number of H-pyrrole nitrogens is 1. The summed E-state index contributed by atoms with van der Waals surface area (Å²) in [5, 5.41) is 8.80. The van der Waals surface area contributed by atoms with Gasteiger partial charge >= 0.3 is 0 Å². The standard InChI is InChI=1S/C13H11ClN4S2/c1-18-12(16-17-13(18)19)7-20-11-4-5-15-10-6-8(14)2-3-9(10)11/h2-6H,7H2,1H3,(H,17,19). The number of fused-ring (bicyclic) bond motifs is 1. The lowest BCUT2D eigenvalue weighted by atomic mass is 10.2. The minimum atomic E-state index is 0.631. The molecule has 2 heterocycles. The molecule has 0 saturated heterocycles. The van der Waals surface area contributed by atoms with Gasteiger partial charge in [-0.3, -0.25) is 10.1 Å². The van der Waals surface area contributed by atoms with E-state index in [1.54, 1.807) is 18.0 Å². The van der Waals surface area contributed by atoms with E-state index in [0.717, 1.165) is 27.4 Å². The second-order valence-electron chi connectivity index (χ2n) is 4.26. The molecule has 1 aromatic carbocycles. The molecule has 0 aliphatic rings. The van der Waals surface area contributed by atoms with E-state index in [2.05, 4.69) is 15.2 Å². The third kappa shape index (κ3) is 2.59. The van der Waals surface area contributed by atoms with E-state index in [1.165, 1.54) is 0 Å². The number of hydrogen-bond acceptors (Lipinski definition) is 4. The Hall–Kier alpha value is -1.37. The van der Waals surface area contributed by atoms with Crippen LogP contribution in [0.3, 0.4) is 0 Å². The predicted molar refractivity (Wildman–Crippen MR) is 84.7 cm³/mol. The first-order chi connectivity index (χ1) is 9.65. The number of pyridine rings is 1. The number of nitrogens with zero attached hydrogens (tertiary/aromatic N) is 3. The van der Waals surface area contributed by atoms with Crippen molar-refractivity contribution in [2.75, 3.05) is 0 Å². The van der Waals surface area contributed by atoms with Crippen LogP contribution < -0.4 is 0 Å². The Morgan fingerprint density at radius 1 is 1.40 bits per heavy atom. The van der Waals surface area contributed by atoms with E-state index < -0.39 is 0 Å². The summed E-state index contributed by atoms with van der Waals surface area (Å²) in [5.41, 5.74) is 0.901. The molecular formula is C13H11ClN4S2. The third-order valence-corrected chi connectivity index (χ3v) is 4.66.